The second kappa shape index (κ2) is 15.1. The van der Waals surface area contributed by atoms with Gasteiger partial charge in [0, 0.05) is 19.3 Å². The van der Waals surface area contributed by atoms with Crippen LogP contribution in [0.5, 0.6) is 0 Å². The van der Waals surface area contributed by atoms with Crippen LogP contribution in [0.25, 0.3) is 0 Å². The number of aliphatic hydroxyl groups is 1. The molecule has 3 amide bonds. The molecular formula is C26H32N4O8. The standard InChI is InChI=1S/C26H32N4O8/c27-18(11-12-22(32)33)23(34)28-19(13-16-7-3-1-4-8-16)24(35)29-20(14-17-9-5-2-6-10-17)25(36)30-21(15-31)26(37)38/h1-10,18-21,31H,11-15,27H2,(H,28,34)(H,29,35)(H,30,36)(H,32,33)(H,37,38). The number of hydrogen-bond acceptors (Lipinski definition) is 7. The largest absolute Gasteiger partial charge is 0.481 e. The van der Waals surface area contributed by atoms with Gasteiger partial charge in [-0.05, 0) is 17.5 Å². The quantitative estimate of drug-likeness (QED) is 0.154. The van der Waals surface area contributed by atoms with Crippen LogP contribution < -0.4 is 21.7 Å². The van der Waals surface area contributed by atoms with Gasteiger partial charge in [0.1, 0.15) is 18.1 Å². The van der Waals surface area contributed by atoms with Crippen LogP contribution in [-0.4, -0.2) is 75.8 Å². The molecule has 38 heavy (non-hydrogen) atoms. The normalized spacial score (nSPS) is 13.8. The molecule has 2 aromatic rings. The summed E-state index contributed by atoms with van der Waals surface area (Å²) in [5.74, 6) is -4.89. The van der Waals surface area contributed by atoms with E-state index in [0.29, 0.717) is 11.1 Å². The Morgan fingerprint density at radius 3 is 1.50 bits per heavy atom. The van der Waals surface area contributed by atoms with Crippen molar-refractivity contribution in [2.75, 3.05) is 6.61 Å². The minimum atomic E-state index is -1.58. The number of carboxylic acids is 2. The molecule has 0 aliphatic carbocycles. The molecule has 8 N–H and O–H groups in total. The molecule has 4 atom stereocenters. The number of aliphatic carboxylic acids is 2. The van der Waals surface area contributed by atoms with Crippen molar-refractivity contribution in [2.24, 2.45) is 5.73 Å². The molecular weight excluding hydrogens is 496 g/mol. The van der Waals surface area contributed by atoms with E-state index >= 15 is 0 Å². The van der Waals surface area contributed by atoms with Crippen molar-refractivity contribution in [3.8, 4) is 0 Å². The highest BCUT2D eigenvalue weighted by Gasteiger charge is 2.30. The van der Waals surface area contributed by atoms with Crippen LogP contribution in [0.15, 0.2) is 60.7 Å². The Kier molecular flexibility index (Phi) is 11.9. The third kappa shape index (κ3) is 9.99. The average Bonchev–Trinajstić information content (AvgIpc) is 2.90. The van der Waals surface area contributed by atoms with E-state index in [2.05, 4.69) is 16.0 Å². The summed E-state index contributed by atoms with van der Waals surface area (Å²) in [6, 6.07) is 12.2. The van der Waals surface area contributed by atoms with Crippen LogP contribution >= 0.6 is 0 Å². The van der Waals surface area contributed by atoms with Crippen LogP contribution in [0, 0.1) is 0 Å². The van der Waals surface area contributed by atoms with Crippen molar-refractivity contribution in [3.63, 3.8) is 0 Å². The number of nitrogens with two attached hydrogens (primary N) is 1. The Morgan fingerprint density at radius 2 is 1.11 bits per heavy atom. The first-order chi connectivity index (χ1) is 18.1. The summed E-state index contributed by atoms with van der Waals surface area (Å²) in [4.78, 5) is 61.1. The van der Waals surface area contributed by atoms with E-state index < -0.39 is 60.4 Å². The van der Waals surface area contributed by atoms with Gasteiger partial charge in [-0.1, -0.05) is 60.7 Å². The zero-order valence-corrected chi connectivity index (χ0v) is 20.6. The number of carbonyl (C=O) groups is 5. The monoisotopic (exact) mass is 528 g/mol. The minimum absolute atomic E-state index is 0.000307. The van der Waals surface area contributed by atoms with Crippen LogP contribution in [0.2, 0.25) is 0 Å². The van der Waals surface area contributed by atoms with Gasteiger partial charge >= 0.3 is 11.9 Å². The second-order valence-electron chi connectivity index (χ2n) is 8.62. The predicted octanol–water partition coefficient (Wildman–Crippen LogP) is -0.805. The molecule has 0 saturated heterocycles. The lowest BCUT2D eigenvalue weighted by molar-refractivity contribution is -0.143. The first kappa shape index (κ1) is 29.9. The number of aliphatic hydroxyl groups excluding tert-OH is 1. The molecule has 0 radical (unpaired) electrons. The van der Waals surface area contributed by atoms with Crippen molar-refractivity contribution in [1.29, 1.82) is 0 Å². The Labute approximate surface area is 219 Å². The molecule has 0 saturated carbocycles. The molecule has 0 aromatic heterocycles. The zero-order chi connectivity index (χ0) is 28.1. The molecule has 4 unspecified atom stereocenters. The van der Waals surface area contributed by atoms with Crippen molar-refractivity contribution in [2.45, 2.75) is 49.9 Å². The maximum absolute atomic E-state index is 13.4. The summed E-state index contributed by atoms with van der Waals surface area (Å²) in [5.41, 5.74) is 7.17. The fourth-order valence-corrected chi connectivity index (χ4v) is 3.54. The smallest absolute Gasteiger partial charge is 0.328 e. The lowest BCUT2D eigenvalue weighted by atomic mass is 10.0. The summed E-state index contributed by atoms with van der Waals surface area (Å²) in [6.07, 6.45) is -0.435. The Bertz CT molecular complexity index is 1100. The zero-order valence-electron chi connectivity index (χ0n) is 20.6. The average molecular weight is 529 g/mol. The van der Waals surface area contributed by atoms with Crippen LogP contribution in [0.4, 0.5) is 0 Å². The molecule has 0 bridgehead atoms. The molecule has 2 aromatic carbocycles. The van der Waals surface area contributed by atoms with E-state index in [4.69, 9.17) is 10.8 Å². The Hall–Kier alpha value is -4.29. The van der Waals surface area contributed by atoms with E-state index in [1.807, 2.05) is 0 Å². The van der Waals surface area contributed by atoms with Crippen LogP contribution in [0.1, 0.15) is 24.0 Å². The van der Waals surface area contributed by atoms with Gasteiger partial charge in [0.25, 0.3) is 0 Å². The molecule has 2 rings (SSSR count). The Balaban J connectivity index is 2.26. The summed E-state index contributed by atoms with van der Waals surface area (Å²) in [6.45, 7) is -0.853. The predicted molar refractivity (Wildman–Crippen MR) is 136 cm³/mol. The molecule has 0 spiro atoms. The van der Waals surface area contributed by atoms with E-state index in [9.17, 15) is 34.2 Å². The van der Waals surface area contributed by atoms with Crippen molar-refractivity contribution in [1.82, 2.24) is 16.0 Å². The minimum Gasteiger partial charge on any atom is -0.481 e. The van der Waals surface area contributed by atoms with E-state index in [-0.39, 0.29) is 25.7 Å². The third-order valence-corrected chi connectivity index (χ3v) is 5.63. The molecule has 204 valence electrons. The fourth-order valence-electron chi connectivity index (χ4n) is 3.54. The van der Waals surface area contributed by atoms with Gasteiger partial charge in [-0.2, -0.15) is 0 Å². The summed E-state index contributed by atoms with van der Waals surface area (Å²) < 4.78 is 0. The lowest BCUT2D eigenvalue weighted by Crippen LogP contribution is -2.58. The molecule has 12 nitrogen and oxygen atoms in total. The van der Waals surface area contributed by atoms with Crippen LogP contribution in [0.3, 0.4) is 0 Å². The Morgan fingerprint density at radius 1 is 0.684 bits per heavy atom. The van der Waals surface area contributed by atoms with Gasteiger partial charge in [-0.15, -0.1) is 0 Å². The van der Waals surface area contributed by atoms with Gasteiger partial charge in [-0.25, -0.2) is 4.79 Å². The number of carboxylic acid groups (broad SMARTS) is 2. The van der Waals surface area contributed by atoms with Gasteiger partial charge < -0.3 is 37.0 Å². The highest BCUT2D eigenvalue weighted by molar-refractivity contribution is 5.94. The third-order valence-electron chi connectivity index (χ3n) is 5.63. The SMILES string of the molecule is NC(CCC(=O)O)C(=O)NC(Cc1ccccc1)C(=O)NC(Cc1ccccc1)C(=O)NC(CO)C(=O)O. The second-order valence-corrected chi connectivity index (χ2v) is 8.62. The molecule has 0 heterocycles. The summed E-state index contributed by atoms with van der Waals surface area (Å²) >= 11 is 0. The highest BCUT2D eigenvalue weighted by atomic mass is 16.4. The maximum Gasteiger partial charge on any atom is 0.328 e. The fraction of sp³-hybridized carbons (Fsp3) is 0.346. The first-order valence-corrected chi connectivity index (χ1v) is 11.9. The van der Waals surface area contributed by atoms with Gasteiger partial charge in [0.05, 0.1) is 12.6 Å². The number of nitrogens with one attached hydrogen (secondary N) is 3. The topological polar surface area (TPSA) is 208 Å². The van der Waals surface area contributed by atoms with E-state index in [1.54, 1.807) is 60.7 Å². The number of carbonyl (C=O) groups excluding carboxylic acids is 3. The van der Waals surface area contributed by atoms with Gasteiger partial charge in [0.15, 0.2) is 0 Å². The van der Waals surface area contributed by atoms with Crippen molar-refractivity contribution in [3.05, 3.63) is 71.8 Å². The lowest BCUT2D eigenvalue weighted by Gasteiger charge is -2.25. The molecule has 0 aliphatic rings. The van der Waals surface area contributed by atoms with Gasteiger partial charge in [0.2, 0.25) is 17.7 Å². The van der Waals surface area contributed by atoms with Gasteiger partial charge in [-0.3, -0.25) is 19.2 Å². The number of amides is 3. The van der Waals surface area contributed by atoms with Crippen molar-refractivity contribution >= 4 is 29.7 Å². The maximum atomic E-state index is 13.4. The molecule has 0 aliphatic heterocycles. The first-order valence-electron chi connectivity index (χ1n) is 11.9. The van der Waals surface area contributed by atoms with E-state index in [0.717, 1.165) is 0 Å². The summed E-state index contributed by atoms with van der Waals surface area (Å²) in [5, 5.41) is 34.7. The molecule has 12 heteroatoms. The van der Waals surface area contributed by atoms with Crippen LogP contribution in [-0.2, 0) is 36.8 Å². The number of hydrogen-bond donors (Lipinski definition) is 7. The summed E-state index contributed by atoms with van der Waals surface area (Å²) in [7, 11) is 0. The highest BCUT2D eigenvalue weighted by Crippen LogP contribution is 2.08. The van der Waals surface area contributed by atoms with Crippen molar-refractivity contribution < 1.29 is 39.3 Å². The number of rotatable bonds is 15. The molecule has 0 fully saturated rings. The number of benzene rings is 2. The van der Waals surface area contributed by atoms with E-state index in [1.165, 1.54) is 0 Å².